The molecule has 0 bridgehead atoms. The molecular formula is C9H13N3O2. The Hall–Kier alpha value is -1.49. The number of aromatic nitrogens is 2. The minimum atomic E-state index is -0.393. The van der Waals surface area contributed by atoms with E-state index >= 15 is 0 Å². The zero-order chi connectivity index (χ0) is 10.4. The Morgan fingerprint density at radius 1 is 1.57 bits per heavy atom. The van der Waals surface area contributed by atoms with Crippen LogP contribution >= 0.6 is 0 Å². The number of esters is 1. The first-order valence-electron chi connectivity index (χ1n) is 4.40. The van der Waals surface area contributed by atoms with Gasteiger partial charge in [-0.05, 0) is 6.92 Å². The second-order valence-electron chi connectivity index (χ2n) is 2.79. The predicted molar refractivity (Wildman–Crippen MR) is 50.2 cm³/mol. The minimum absolute atomic E-state index is 0.154. The Kier molecular flexibility index (Phi) is 4.00. The zero-order valence-electron chi connectivity index (χ0n) is 8.01. The van der Waals surface area contributed by atoms with Gasteiger partial charge in [-0.1, -0.05) is 0 Å². The lowest BCUT2D eigenvalue weighted by atomic mass is 10.1. The van der Waals surface area contributed by atoms with E-state index in [1.165, 1.54) is 6.33 Å². The van der Waals surface area contributed by atoms with Crippen LogP contribution < -0.4 is 5.73 Å². The van der Waals surface area contributed by atoms with Crippen molar-refractivity contribution in [2.24, 2.45) is 5.73 Å². The summed E-state index contributed by atoms with van der Waals surface area (Å²) in [5.41, 5.74) is 6.48. The molecule has 2 N–H and O–H groups in total. The Morgan fingerprint density at radius 2 is 2.21 bits per heavy atom. The molecule has 0 aromatic carbocycles. The molecule has 0 spiro atoms. The van der Waals surface area contributed by atoms with Crippen molar-refractivity contribution in [1.82, 2.24) is 9.97 Å². The van der Waals surface area contributed by atoms with E-state index in [-0.39, 0.29) is 12.4 Å². The van der Waals surface area contributed by atoms with Crippen molar-refractivity contribution in [2.45, 2.75) is 19.4 Å². The van der Waals surface area contributed by atoms with Crippen molar-refractivity contribution in [1.29, 1.82) is 0 Å². The molecule has 0 fully saturated rings. The summed E-state index contributed by atoms with van der Waals surface area (Å²) in [5.74, 6) is -0.302. The van der Waals surface area contributed by atoms with Crippen molar-refractivity contribution in [3.05, 3.63) is 24.3 Å². The zero-order valence-corrected chi connectivity index (χ0v) is 8.01. The highest BCUT2D eigenvalue weighted by molar-refractivity contribution is 5.70. The summed E-state index contributed by atoms with van der Waals surface area (Å²) in [6.45, 7) is 2.13. The van der Waals surface area contributed by atoms with Gasteiger partial charge in [0.25, 0.3) is 0 Å². The number of nitrogens with two attached hydrogens (primary N) is 1. The maximum absolute atomic E-state index is 11.1. The van der Waals surface area contributed by atoms with Crippen LogP contribution in [0, 0.1) is 0 Å². The molecule has 14 heavy (non-hydrogen) atoms. The van der Waals surface area contributed by atoms with Gasteiger partial charge in [0.05, 0.1) is 13.0 Å². The lowest BCUT2D eigenvalue weighted by Gasteiger charge is -2.09. The lowest BCUT2D eigenvalue weighted by molar-refractivity contribution is -0.143. The fraction of sp³-hybridized carbons (Fsp3) is 0.444. The van der Waals surface area contributed by atoms with Crippen LogP contribution in [0.5, 0.6) is 0 Å². The van der Waals surface area contributed by atoms with Crippen molar-refractivity contribution in [3.8, 4) is 0 Å². The average Bonchev–Trinajstić information content (AvgIpc) is 2.19. The molecule has 0 aliphatic heterocycles. The van der Waals surface area contributed by atoms with Gasteiger partial charge in [0.1, 0.15) is 6.33 Å². The van der Waals surface area contributed by atoms with Crippen LogP contribution in [-0.4, -0.2) is 22.5 Å². The fourth-order valence-corrected chi connectivity index (χ4v) is 1.02. The molecule has 1 rings (SSSR count). The van der Waals surface area contributed by atoms with Crippen LogP contribution in [0.15, 0.2) is 18.7 Å². The van der Waals surface area contributed by atoms with Crippen LogP contribution in [0.25, 0.3) is 0 Å². The van der Waals surface area contributed by atoms with Gasteiger partial charge in [-0.15, -0.1) is 0 Å². The summed E-state index contributed by atoms with van der Waals surface area (Å²) in [4.78, 5) is 18.7. The quantitative estimate of drug-likeness (QED) is 0.705. The van der Waals surface area contributed by atoms with Gasteiger partial charge < -0.3 is 10.5 Å². The first kappa shape index (κ1) is 10.6. The molecule has 5 nitrogen and oxygen atoms in total. The Labute approximate surface area is 82.3 Å². The molecule has 0 radical (unpaired) electrons. The Morgan fingerprint density at radius 3 is 2.79 bits per heavy atom. The van der Waals surface area contributed by atoms with Gasteiger partial charge in [-0.2, -0.15) is 0 Å². The molecule has 1 aromatic heterocycles. The summed E-state index contributed by atoms with van der Waals surface area (Å²) in [6, 6.07) is -0.393. The molecule has 0 aliphatic carbocycles. The SMILES string of the molecule is CCOC(=O)CC(N)c1cncnc1. The van der Waals surface area contributed by atoms with Crippen molar-refractivity contribution >= 4 is 5.97 Å². The third-order valence-electron chi connectivity index (χ3n) is 1.70. The minimum Gasteiger partial charge on any atom is -0.466 e. The lowest BCUT2D eigenvalue weighted by Crippen LogP contribution is -2.17. The summed E-state index contributed by atoms with van der Waals surface area (Å²) >= 11 is 0. The number of carbonyl (C=O) groups excluding carboxylic acids is 1. The van der Waals surface area contributed by atoms with E-state index in [9.17, 15) is 4.79 Å². The van der Waals surface area contributed by atoms with Crippen LogP contribution in [0.2, 0.25) is 0 Å². The average molecular weight is 195 g/mol. The molecule has 0 amide bonds. The molecule has 0 saturated heterocycles. The molecule has 1 heterocycles. The van der Waals surface area contributed by atoms with Gasteiger partial charge in [0.15, 0.2) is 0 Å². The molecule has 0 saturated carbocycles. The fourth-order valence-electron chi connectivity index (χ4n) is 1.02. The second kappa shape index (κ2) is 5.29. The van der Waals surface area contributed by atoms with E-state index in [4.69, 9.17) is 10.5 Å². The number of rotatable bonds is 4. The van der Waals surface area contributed by atoms with E-state index in [0.717, 1.165) is 5.56 Å². The van der Waals surface area contributed by atoms with Gasteiger partial charge in [-0.3, -0.25) is 4.79 Å². The number of carbonyl (C=O) groups is 1. The first-order valence-corrected chi connectivity index (χ1v) is 4.40. The summed E-state index contributed by atoms with van der Waals surface area (Å²) in [6.07, 6.45) is 4.76. The highest BCUT2D eigenvalue weighted by atomic mass is 16.5. The van der Waals surface area contributed by atoms with E-state index in [1.54, 1.807) is 19.3 Å². The number of ether oxygens (including phenoxy) is 1. The number of hydrogen-bond donors (Lipinski definition) is 1. The van der Waals surface area contributed by atoms with Crippen molar-refractivity contribution < 1.29 is 9.53 Å². The van der Waals surface area contributed by atoms with E-state index in [0.29, 0.717) is 6.61 Å². The van der Waals surface area contributed by atoms with E-state index in [1.807, 2.05) is 0 Å². The van der Waals surface area contributed by atoms with E-state index < -0.39 is 6.04 Å². The molecule has 1 atom stereocenters. The van der Waals surface area contributed by atoms with Crippen LogP contribution in [0.1, 0.15) is 24.9 Å². The molecular weight excluding hydrogens is 182 g/mol. The topological polar surface area (TPSA) is 78.1 Å². The van der Waals surface area contributed by atoms with Crippen LogP contribution in [0.3, 0.4) is 0 Å². The summed E-state index contributed by atoms with van der Waals surface area (Å²) in [5, 5.41) is 0. The maximum atomic E-state index is 11.1. The molecule has 0 aliphatic rings. The standard InChI is InChI=1S/C9H13N3O2/c1-2-14-9(13)3-8(10)7-4-11-6-12-5-7/h4-6,8H,2-3,10H2,1H3. The monoisotopic (exact) mass is 195 g/mol. The summed E-state index contributed by atoms with van der Waals surface area (Å²) < 4.78 is 4.77. The number of nitrogens with zero attached hydrogens (tertiary/aromatic N) is 2. The van der Waals surface area contributed by atoms with Gasteiger partial charge >= 0.3 is 5.97 Å². The van der Waals surface area contributed by atoms with Gasteiger partial charge in [-0.25, -0.2) is 9.97 Å². The Balaban J connectivity index is 2.50. The molecule has 76 valence electrons. The summed E-state index contributed by atoms with van der Waals surface area (Å²) in [7, 11) is 0. The smallest absolute Gasteiger partial charge is 0.307 e. The predicted octanol–water partition coefficient (Wildman–Crippen LogP) is 0.430. The number of hydrogen-bond acceptors (Lipinski definition) is 5. The van der Waals surface area contributed by atoms with Crippen LogP contribution in [0.4, 0.5) is 0 Å². The third-order valence-corrected chi connectivity index (χ3v) is 1.70. The Bertz CT molecular complexity index is 289. The van der Waals surface area contributed by atoms with Crippen molar-refractivity contribution in [3.63, 3.8) is 0 Å². The van der Waals surface area contributed by atoms with E-state index in [2.05, 4.69) is 9.97 Å². The molecule has 5 heteroatoms. The highest BCUT2D eigenvalue weighted by Gasteiger charge is 2.12. The van der Waals surface area contributed by atoms with Crippen molar-refractivity contribution in [2.75, 3.05) is 6.61 Å². The molecule has 1 aromatic rings. The highest BCUT2D eigenvalue weighted by Crippen LogP contribution is 2.11. The first-order chi connectivity index (χ1) is 6.74. The second-order valence-corrected chi connectivity index (χ2v) is 2.79. The largest absolute Gasteiger partial charge is 0.466 e. The van der Waals surface area contributed by atoms with Crippen LogP contribution in [-0.2, 0) is 9.53 Å². The van der Waals surface area contributed by atoms with Gasteiger partial charge in [0, 0.05) is 24.0 Å². The van der Waals surface area contributed by atoms with Gasteiger partial charge in [0.2, 0.25) is 0 Å². The third kappa shape index (κ3) is 3.10. The maximum Gasteiger partial charge on any atom is 0.307 e. The normalized spacial score (nSPS) is 12.1. The molecule has 1 unspecified atom stereocenters.